The second kappa shape index (κ2) is 7.59. The number of carbonyl (C=O) groups excluding carboxylic acids is 1. The van der Waals surface area contributed by atoms with Gasteiger partial charge in [0.05, 0.1) is 0 Å². The van der Waals surface area contributed by atoms with E-state index in [1.54, 1.807) is 37.4 Å². The Morgan fingerprint density at radius 2 is 1.95 bits per heavy atom. The highest BCUT2D eigenvalue weighted by Gasteiger charge is 2.10. The zero-order valence-electron chi connectivity index (χ0n) is 11.3. The van der Waals surface area contributed by atoms with Gasteiger partial charge in [0, 0.05) is 40.5 Å². The van der Waals surface area contributed by atoms with E-state index in [-0.39, 0.29) is 11.9 Å². The van der Waals surface area contributed by atoms with E-state index in [1.165, 1.54) is 6.08 Å². The van der Waals surface area contributed by atoms with Crippen molar-refractivity contribution in [3.8, 4) is 0 Å². The van der Waals surface area contributed by atoms with Gasteiger partial charge in [0.2, 0.25) is 0 Å². The molecule has 0 heterocycles. The fourth-order valence-corrected chi connectivity index (χ4v) is 2.40. The third kappa shape index (κ3) is 5.79. The van der Waals surface area contributed by atoms with Gasteiger partial charge in [0.15, 0.2) is 0 Å². The van der Waals surface area contributed by atoms with Crippen LogP contribution in [0.15, 0.2) is 30.3 Å². The molecule has 2 unspecified atom stereocenters. The summed E-state index contributed by atoms with van der Waals surface area (Å²) in [6, 6.07) is 6.40. The molecule has 20 heavy (non-hydrogen) atoms. The van der Waals surface area contributed by atoms with Crippen LogP contribution in [0.2, 0.25) is 0 Å². The van der Waals surface area contributed by atoms with Crippen LogP contribution in [0.25, 0.3) is 6.08 Å². The van der Waals surface area contributed by atoms with Gasteiger partial charge in [-0.1, -0.05) is 12.1 Å². The van der Waals surface area contributed by atoms with Crippen molar-refractivity contribution in [2.24, 2.45) is 0 Å². The van der Waals surface area contributed by atoms with Gasteiger partial charge in [-0.05, 0) is 30.7 Å². The molecule has 0 aliphatic heterocycles. The Morgan fingerprint density at radius 3 is 2.45 bits per heavy atom. The number of carboxylic acids is 1. The number of rotatable bonds is 6. The van der Waals surface area contributed by atoms with Crippen LogP contribution in [0.3, 0.4) is 0 Å². The highest BCUT2D eigenvalue weighted by molar-refractivity contribution is 7.84. The Bertz CT molecular complexity index is 537. The molecule has 0 saturated heterocycles. The van der Waals surface area contributed by atoms with E-state index < -0.39 is 16.8 Å². The molecule has 2 atom stereocenters. The molecule has 0 radical (unpaired) electrons. The summed E-state index contributed by atoms with van der Waals surface area (Å²) in [6.45, 7) is 1.79. The number of hydrogen-bond donors (Lipinski definition) is 2. The molecule has 1 rings (SSSR count). The standard InChI is InChI=1S/C14H17NO4S/c1-10(9-20(2)19)15-14(18)12-6-3-11(4-7-12)5-8-13(16)17/h3-8,10H,9H2,1-2H3,(H,15,18)(H,16,17)/b8-5+. The minimum Gasteiger partial charge on any atom is -0.478 e. The smallest absolute Gasteiger partial charge is 0.328 e. The van der Waals surface area contributed by atoms with Crippen molar-refractivity contribution in [3.63, 3.8) is 0 Å². The Kier molecular flexibility index (Phi) is 6.11. The first-order valence-electron chi connectivity index (χ1n) is 6.00. The Morgan fingerprint density at radius 1 is 1.35 bits per heavy atom. The zero-order chi connectivity index (χ0) is 15.1. The molecule has 0 fully saturated rings. The van der Waals surface area contributed by atoms with Crippen molar-refractivity contribution >= 4 is 28.8 Å². The maximum Gasteiger partial charge on any atom is 0.328 e. The van der Waals surface area contributed by atoms with Gasteiger partial charge in [-0.25, -0.2) is 4.79 Å². The molecule has 0 spiro atoms. The summed E-state index contributed by atoms with van der Waals surface area (Å²) in [5.74, 6) is -0.851. The fourth-order valence-electron chi connectivity index (χ4n) is 1.61. The van der Waals surface area contributed by atoms with Crippen LogP contribution in [-0.2, 0) is 15.6 Å². The summed E-state index contributed by atoms with van der Waals surface area (Å²) in [4.78, 5) is 22.3. The van der Waals surface area contributed by atoms with Gasteiger partial charge in [-0.15, -0.1) is 0 Å². The van der Waals surface area contributed by atoms with Crippen LogP contribution in [0, 0.1) is 0 Å². The molecule has 6 heteroatoms. The van der Waals surface area contributed by atoms with Gasteiger partial charge < -0.3 is 10.4 Å². The normalized spacial score (nSPS) is 13.9. The number of benzene rings is 1. The molecular weight excluding hydrogens is 278 g/mol. The topological polar surface area (TPSA) is 83.5 Å². The minimum atomic E-state index is -1.02. The van der Waals surface area contributed by atoms with Gasteiger partial charge in [-0.3, -0.25) is 9.00 Å². The first-order chi connectivity index (χ1) is 9.38. The second-order valence-corrected chi connectivity index (χ2v) is 5.89. The fraction of sp³-hybridized carbons (Fsp3) is 0.286. The van der Waals surface area contributed by atoms with Crippen molar-refractivity contribution in [2.75, 3.05) is 12.0 Å². The summed E-state index contributed by atoms with van der Waals surface area (Å²) in [7, 11) is -0.959. The Balaban J connectivity index is 2.66. The van der Waals surface area contributed by atoms with Crippen LogP contribution < -0.4 is 5.32 Å². The van der Waals surface area contributed by atoms with Gasteiger partial charge in [-0.2, -0.15) is 0 Å². The van der Waals surface area contributed by atoms with E-state index in [4.69, 9.17) is 5.11 Å². The van der Waals surface area contributed by atoms with Gasteiger partial charge >= 0.3 is 5.97 Å². The summed E-state index contributed by atoms with van der Waals surface area (Å²) in [5, 5.41) is 11.3. The molecule has 0 aromatic heterocycles. The van der Waals surface area contributed by atoms with E-state index in [0.29, 0.717) is 16.9 Å². The lowest BCUT2D eigenvalue weighted by Gasteiger charge is -2.12. The lowest BCUT2D eigenvalue weighted by Crippen LogP contribution is -2.36. The van der Waals surface area contributed by atoms with Crippen LogP contribution in [0.5, 0.6) is 0 Å². The summed E-state index contributed by atoms with van der Waals surface area (Å²) in [6.07, 6.45) is 4.08. The number of carbonyl (C=O) groups is 2. The Hall–Kier alpha value is -1.95. The summed E-state index contributed by atoms with van der Waals surface area (Å²) in [5.41, 5.74) is 1.18. The first-order valence-corrected chi connectivity index (χ1v) is 7.73. The van der Waals surface area contributed by atoms with E-state index in [1.807, 2.05) is 0 Å². The minimum absolute atomic E-state index is 0.167. The van der Waals surface area contributed by atoms with Crippen molar-refractivity contribution in [1.29, 1.82) is 0 Å². The zero-order valence-corrected chi connectivity index (χ0v) is 12.1. The summed E-state index contributed by atoms with van der Waals surface area (Å²) >= 11 is 0. The van der Waals surface area contributed by atoms with E-state index in [9.17, 15) is 13.8 Å². The molecule has 0 aliphatic carbocycles. The average molecular weight is 295 g/mol. The lowest BCUT2D eigenvalue weighted by molar-refractivity contribution is -0.131. The number of hydrogen-bond acceptors (Lipinski definition) is 3. The molecule has 1 amide bonds. The Labute approximate surface area is 120 Å². The third-order valence-corrected chi connectivity index (χ3v) is 3.42. The molecule has 0 bridgehead atoms. The monoisotopic (exact) mass is 295 g/mol. The summed E-state index contributed by atoms with van der Waals surface area (Å²) < 4.78 is 11.0. The quantitative estimate of drug-likeness (QED) is 0.774. The number of amides is 1. The van der Waals surface area contributed by atoms with Gasteiger partial charge in [0.25, 0.3) is 5.91 Å². The van der Waals surface area contributed by atoms with Crippen molar-refractivity contribution in [3.05, 3.63) is 41.5 Å². The highest BCUT2D eigenvalue weighted by atomic mass is 32.2. The second-order valence-electron chi connectivity index (χ2n) is 4.41. The average Bonchev–Trinajstić information content (AvgIpc) is 2.35. The molecule has 2 N–H and O–H groups in total. The maximum absolute atomic E-state index is 11.9. The molecule has 1 aromatic carbocycles. The maximum atomic E-state index is 11.9. The van der Waals surface area contributed by atoms with Crippen molar-refractivity contribution in [2.45, 2.75) is 13.0 Å². The number of aliphatic carboxylic acids is 1. The van der Waals surface area contributed by atoms with Crippen molar-refractivity contribution in [1.82, 2.24) is 5.32 Å². The van der Waals surface area contributed by atoms with Crippen LogP contribution >= 0.6 is 0 Å². The molecule has 0 aliphatic rings. The number of nitrogens with one attached hydrogen (secondary N) is 1. The molecule has 1 aromatic rings. The predicted octanol–water partition coefficient (Wildman–Crippen LogP) is 1.28. The highest BCUT2D eigenvalue weighted by Crippen LogP contribution is 2.06. The van der Waals surface area contributed by atoms with Crippen LogP contribution in [0.1, 0.15) is 22.8 Å². The van der Waals surface area contributed by atoms with Crippen molar-refractivity contribution < 1.29 is 18.9 Å². The van der Waals surface area contributed by atoms with E-state index in [2.05, 4.69) is 5.32 Å². The van der Waals surface area contributed by atoms with Crippen LogP contribution in [-0.4, -0.2) is 39.2 Å². The SMILES string of the molecule is CC(CS(C)=O)NC(=O)c1ccc(/C=C/C(=O)O)cc1. The number of carboxylic acid groups (broad SMARTS) is 1. The lowest BCUT2D eigenvalue weighted by atomic mass is 10.1. The van der Waals surface area contributed by atoms with E-state index >= 15 is 0 Å². The molecule has 0 saturated carbocycles. The first kappa shape index (κ1) is 16.1. The third-order valence-electron chi connectivity index (χ3n) is 2.45. The van der Waals surface area contributed by atoms with E-state index in [0.717, 1.165) is 6.08 Å². The predicted molar refractivity (Wildman–Crippen MR) is 79.0 cm³/mol. The molecule has 5 nitrogen and oxygen atoms in total. The largest absolute Gasteiger partial charge is 0.478 e. The molecule has 108 valence electrons. The van der Waals surface area contributed by atoms with Crippen LogP contribution in [0.4, 0.5) is 0 Å². The van der Waals surface area contributed by atoms with Gasteiger partial charge in [0.1, 0.15) is 0 Å². The molecular formula is C14H17NO4S.